The van der Waals surface area contributed by atoms with Crippen molar-refractivity contribution in [2.24, 2.45) is 4.99 Å². The summed E-state index contributed by atoms with van der Waals surface area (Å²) < 4.78 is 50.2. The largest absolute Gasteiger partial charge is 0.407 e. The topological polar surface area (TPSA) is 54.4 Å². The molecule has 10 heteroatoms. The van der Waals surface area contributed by atoms with Crippen molar-refractivity contribution >= 4 is 35.1 Å². The second kappa shape index (κ2) is 9.09. The van der Waals surface area contributed by atoms with E-state index in [0.29, 0.717) is 5.01 Å². The van der Waals surface area contributed by atoms with Crippen LogP contribution < -0.4 is 5.32 Å². The van der Waals surface area contributed by atoms with E-state index in [1.54, 1.807) is 13.0 Å². The van der Waals surface area contributed by atoms with E-state index in [2.05, 4.69) is 15.3 Å². The van der Waals surface area contributed by atoms with Crippen molar-refractivity contribution in [3.63, 3.8) is 0 Å². The maximum atomic E-state index is 13.8. The Bertz CT molecular complexity index is 857. The Kier molecular flexibility index (Phi) is 7.09. The van der Waals surface area contributed by atoms with Crippen LogP contribution in [0.5, 0.6) is 0 Å². The van der Waals surface area contributed by atoms with Gasteiger partial charge in [0.1, 0.15) is 18.1 Å². The molecule has 0 saturated carbocycles. The van der Waals surface area contributed by atoms with Crippen LogP contribution in [0.2, 0.25) is 5.02 Å². The number of carbonyl (C=O) groups excluding carboxylic acids is 1. The Morgan fingerprint density at radius 3 is 2.78 bits per heavy atom. The summed E-state index contributed by atoms with van der Waals surface area (Å²) in [6, 6.07) is 4.32. The predicted octanol–water partition coefficient (Wildman–Crippen LogP) is 4.79. The van der Waals surface area contributed by atoms with Crippen LogP contribution in [-0.2, 0) is 6.42 Å². The molecule has 144 valence electrons. The summed E-state index contributed by atoms with van der Waals surface area (Å²) in [6.07, 6.45) is -1.97. The van der Waals surface area contributed by atoms with Crippen LogP contribution in [0.3, 0.4) is 0 Å². The summed E-state index contributed by atoms with van der Waals surface area (Å²) in [5.41, 5.74) is 0.441. The van der Waals surface area contributed by atoms with Crippen molar-refractivity contribution in [1.82, 2.24) is 10.3 Å². The first kappa shape index (κ1) is 21.0. The summed E-state index contributed by atoms with van der Waals surface area (Å²) in [5.74, 6) is -1.08. The second-order valence-corrected chi connectivity index (χ2v) is 6.64. The average Bonchev–Trinajstić information content (AvgIpc) is 3.05. The molecule has 0 aliphatic carbocycles. The minimum atomic E-state index is -4.42. The molecule has 1 aromatic carbocycles. The predicted molar refractivity (Wildman–Crippen MR) is 97.0 cm³/mol. The van der Waals surface area contributed by atoms with Gasteiger partial charge in [0.05, 0.1) is 10.7 Å². The number of hydrogen-bond acceptors (Lipinski definition) is 4. The minimum absolute atomic E-state index is 0.0611. The highest BCUT2D eigenvalue weighted by molar-refractivity contribution is 7.09. The van der Waals surface area contributed by atoms with E-state index in [4.69, 9.17) is 11.6 Å². The summed E-state index contributed by atoms with van der Waals surface area (Å²) in [6.45, 7) is 0.201. The normalized spacial score (nSPS) is 12.6. The van der Waals surface area contributed by atoms with Gasteiger partial charge in [0.2, 0.25) is 0 Å². The molecule has 1 N–H and O–H groups in total. The Morgan fingerprint density at radius 2 is 2.15 bits per heavy atom. The number of benzene rings is 1. The molecule has 0 spiro atoms. The molecular formula is C17H14ClF4N3OS. The smallest absolute Gasteiger partial charge is 0.320 e. The molecule has 1 amide bonds. The van der Waals surface area contributed by atoms with Gasteiger partial charge in [0, 0.05) is 28.6 Å². The van der Waals surface area contributed by atoms with Crippen LogP contribution in [0.25, 0.3) is 0 Å². The van der Waals surface area contributed by atoms with Crippen LogP contribution in [0.15, 0.2) is 40.3 Å². The van der Waals surface area contributed by atoms with E-state index in [0.717, 1.165) is 17.6 Å². The molecule has 1 heterocycles. The molecule has 0 saturated heterocycles. The zero-order chi connectivity index (χ0) is 20.0. The molecule has 27 heavy (non-hydrogen) atoms. The van der Waals surface area contributed by atoms with E-state index in [9.17, 15) is 22.4 Å². The van der Waals surface area contributed by atoms with E-state index in [1.165, 1.54) is 23.6 Å². The number of allylic oxidation sites excluding steroid dienone is 2. The van der Waals surface area contributed by atoms with E-state index in [-0.39, 0.29) is 28.4 Å². The van der Waals surface area contributed by atoms with Crippen LogP contribution in [0, 0.1) is 5.82 Å². The van der Waals surface area contributed by atoms with E-state index in [1.807, 2.05) is 0 Å². The van der Waals surface area contributed by atoms with Crippen molar-refractivity contribution in [2.45, 2.75) is 19.5 Å². The fourth-order valence-corrected chi connectivity index (χ4v) is 2.99. The number of nitrogens with zero attached hydrogens (tertiary/aromatic N) is 2. The van der Waals surface area contributed by atoms with Crippen molar-refractivity contribution in [3.8, 4) is 0 Å². The lowest BCUT2D eigenvalue weighted by molar-refractivity contribution is -0.118. The first-order valence-electron chi connectivity index (χ1n) is 7.61. The van der Waals surface area contributed by atoms with Gasteiger partial charge in [-0.2, -0.15) is 13.2 Å². The minimum Gasteiger partial charge on any atom is -0.320 e. The third-order valence-corrected chi connectivity index (χ3v) is 4.45. The third kappa shape index (κ3) is 6.44. The molecular weight excluding hydrogens is 406 g/mol. The third-order valence-electron chi connectivity index (χ3n) is 3.24. The number of rotatable bonds is 6. The molecule has 0 aliphatic heterocycles. The summed E-state index contributed by atoms with van der Waals surface area (Å²) in [7, 11) is 0. The van der Waals surface area contributed by atoms with Gasteiger partial charge in [0.15, 0.2) is 0 Å². The van der Waals surface area contributed by atoms with Crippen LogP contribution >= 0.6 is 22.9 Å². The van der Waals surface area contributed by atoms with Crippen LogP contribution in [0.1, 0.15) is 28.0 Å². The highest BCUT2D eigenvalue weighted by Crippen LogP contribution is 2.24. The first-order chi connectivity index (χ1) is 12.7. The molecule has 0 fully saturated rings. The van der Waals surface area contributed by atoms with Gasteiger partial charge in [-0.15, -0.1) is 11.3 Å². The van der Waals surface area contributed by atoms with Crippen LogP contribution in [-0.4, -0.2) is 29.8 Å². The monoisotopic (exact) mass is 419 g/mol. The lowest BCUT2D eigenvalue weighted by Gasteiger charge is -2.05. The zero-order valence-electron chi connectivity index (χ0n) is 14.0. The van der Waals surface area contributed by atoms with Gasteiger partial charge in [-0.25, -0.2) is 9.37 Å². The Balaban J connectivity index is 2.04. The molecule has 0 bridgehead atoms. The first-order valence-corrected chi connectivity index (χ1v) is 8.87. The molecule has 0 radical (unpaired) electrons. The van der Waals surface area contributed by atoms with Gasteiger partial charge in [0.25, 0.3) is 5.91 Å². The molecule has 2 rings (SSSR count). The quantitative estimate of drug-likeness (QED) is 0.540. The lowest BCUT2D eigenvalue weighted by atomic mass is 10.1. The maximum absolute atomic E-state index is 13.8. The summed E-state index contributed by atoms with van der Waals surface area (Å²) >= 11 is 7.12. The molecule has 1 aromatic heterocycles. The Labute approximate surface area is 161 Å². The van der Waals surface area contributed by atoms with Gasteiger partial charge >= 0.3 is 6.18 Å². The Morgan fingerprint density at radius 1 is 1.41 bits per heavy atom. The highest BCUT2D eigenvalue weighted by atomic mass is 35.5. The number of nitrogens with one attached hydrogen (secondary N) is 1. The number of alkyl halides is 3. The fraction of sp³-hybridized carbons (Fsp3) is 0.235. The van der Waals surface area contributed by atoms with Gasteiger partial charge < -0.3 is 5.32 Å². The molecule has 0 atom stereocenters. The maximum Gasteiger partial charge on any atom is 0.407 e. The molecule has 4 nitrogen and oxygen atoms in total. The van der Waals surface area contributed by atoms with Gasteiger partial charge in [-0.05, 0) is 19.1 Å². The van der Waals surface area contributed by atoms with Gasteiger partial charge in [-0.1, -0.05) is 23.7 Å². The number of aromatic nitrogens is 1. The van der Waals surface area contributed by atoms with E-state index < -0.39 is 24.4 Å². The van der Waals surface area contributed by atoms with Crippen molar-refractivity contribution in [2.75, 3.05) is 6.54 Å². The van der Waals surface area contributed by atoms with Crippen LogP contribution in [0.4, 0.5) is 17.6 Å². The number of carbonyl (C=O) groups is 1. The zero-order valence-corrected chi connectivity index (χ0v) is 15.6. The van der Waals surface area contributed by atoms with E-state index >= 15 is 0 Å². The SMILES string of the molecule is C/C=C(\C=NCC(F)(F)F)NC(=O)c1csc(Cc2c(F)cccc2Cl)n1. The molecule has 0 aliphatic rings. The number of amides is 1. The number of thiazole rings is 1. The van der Waals surface area contributed by atoms with Crippen molar-refractivity contribution < 1.29 is 22.4 Å². The average molecular weight is 420 g/mol. The fourth-order valence-electron chi connectivity index (χ4n) is 1.97. The Hall–Kier alpha value is -2.26. The number of hydrogen-bond donors (Lipinski definition) is 1. The highest BCUT2D eigenvalue weighted by Gasteiger charge is 2.26. The number of halogens is 5. The van der Waals surface area contributed by atoms with Crippen molar-refractivity contribution in [1.29, 1.82) is 0 Å². The van der Waals surface area contributed by atoms with Gasteiger partial charge in [-0.3, -0.25) is 9.79 Å². The summed E-state index contributed by atoms with van der Waals surface area (Å²) in [4.78, 5) is 19.5. The standard InChI is InChI=1S/C17H14ClF4N3OS/c1-2-10(7-23-9-17(20,21)22)24-16(26)14-8-27-15(25-14)6-11-12(18)4-3-5-13(11)19/h2-5,7-8H,6,9H2,1H3,(H,24,26)/b10-2+,23-7?. The number of aliphatic imine (C=N–C) groups is 1. The summed E-state index contributed by atoms with van der Waals surface area (Å²) in [5, 5.41) is 4.62. The van der Waals surface area contributed by atoms with Crippen molar-refractivity contribution in [3.05, 3.63) is 62.5 Å². The second-order valence-electron chi connectivity index (χ2n) is 5.29. The lowest BCUT2D eigenvalue weighted by Crippen LogP contribution is -2.24. The molecule has 2 aromatic rings. The molecule has 0 unspecified atom stereocenters.